The van der Waals surface area contributed by atoms with Crippen molar-refractivity contribution < 1.29 is 9.53 Å². The summed E-state index contributed by atoms with van der Waals surface area (Å²) in [6.07, 6.45) is 3.46. The standard InChI is InChI=1S/C22H22N2O3S/c1-27-16-12-10-15(11-13-16)14-24-21(26)17-6-2-3-7-18(17)23-22(24)28-20-9-5-4-8-19(20)25/h2-3,6-7,10-13,20H,4-5,8-9,14H2,1H3. The third-order valence-electron chi connectivity index (χ3n) is 5.07. The van der Waals surface area contributed by atoms with Crippen LogP contribution in [-0.2, 0) is 11.3 Å². The number of aromatic nitrogens is 2. The van der Waals surface area contributed by atoms with Gasteiger partial charge in [-0.05, 0) is 42.7 Å². The molecule has 0 saturated heterocycles. The molecule has 3 aromatic rings. The molecule has 0 radical (unpaired) electrons. The fraction of sp³-hybridized carbons (Fsp3) is 0.318. The van der Waals surface area contributed by atoms with Crippen LogP contribution in [-0.4, -0.2) is 27.7 Å². The first-order chi connectivity index (χ1) is 13.7. The summed E-state index contributed by atoms with van der Waals surface area (Å²) < 4.78 is 6.91. The highest BCUT2D eigenvalue weighted by atomic mass is 32.2. The van der Waals surface area contributed by atoms with Gasteiger partial charge in [0.05, 0.1) is 29.8 Å². The fourth-order valence-corrected chi connectivity index (χ4v) is 4.71. The van der Waals surface area contributed by atoms with E-state index in [1.54, 1.807) is 17.7 Å². The van der Waals surface area contributed by atoms with Crippen LogP contribution in [0.5, 0.6) is 5.75 Å². The van der Waals surface area contributed by atoms with Gasteiger partial charge in [0, 0.05) is 6.42 Å². The number of para-hydroxylation sites is 1. The molecule has 2 aromatic carbocycles. The maximum absolute atomic E-state index is 13.2. The number of Topliss-reactive ketones (excluding diaryl/α,β-unsaturated/α-hetero) is 1. The number of thioether (sulfide) groups is 1. The molecule has 0 bridgehead atoms. The van der Waals surface area contributed by atoms with Crippen molar-refractivity contribution in [2.75, 3.05) is 7.11 Å². The molecule has 0 aliphatic heterocycles. The number of fused-ring (bicyclic) bond motifs is 1. The Morgan fingerprint density at radius 2 is 1.89 bits per heavy atom. The number of ketones is 1. The van der Waals surface area contributed by atoms with Crippen LogP contribution in [0.3, 0.4) is 0 Å². The van der Waals surface area contributed by atoms with Gasteiger partial charge in [-0.15, -0.1) is 0 Å². The van der Waals surface area contributed by atoms with E-state index in [2.05, 4.69) is 0 Å². The van der Waals surface area contributed by atoms with Gasteiger partial charge in [0.25, 0.3) is 5.56 Å². The Hall–Kier alpha value is -2.60. The molecular weight excluding hydrogens is 372 g/mol. The fourth-order valence-electron chi connectivity index (χ4n) is 3.49. The van der Waals surface area contributed by atoms with Crippen molar-refractivity contribution in [2.24, 2.45) is 0 Å². The second-order valence-electron chi connectivity index (χ2n) is 6.97. The maximum atomic E-state index is 13.2. The molecule has 1 saturated carbocycles. The highest BCUT2D eigenvalue weighted by Crippen LogP contribution is 2.31. The number of rotatable bonds is 5. The van der Waals surface area contributed by atoms with E-state index in [1.165, 1.54) is 11.8 Å². The Morgan fingerprint density at radius 1 is 1.11 bits per heavy atom. The summed E-state index contributed by atoms with van der Waals surface area (Å²) >= 11 is 1.43. The smallest absolute Gasteiger partial charge is 0.262 e. The van der Waals surface area contributed by atoms with Crippen LogP contribution in [0.2, 0.25) is 0 Å². The molecule has 144 valence electrons. The molecule has 1 aliphatic rings. The van der Waals surface area contributed by atoms with Gasteiger partial charge in [0.15, 0.2) is 5.16 Å². The lowest BCUT2D eigenvalue weighted by molar-refractivity contribution is -0.119. The number of benzene rings is 2. The summed E-state index contributed by atoms with van der Waals surface area (Å²) in [6.45, 7) is 0.407. The number of hydrogen-bond acceptors (Lipinski definition) is 5. The van der Waals surface area contributed by atoms with Gasteiger partial charge in [-0.3, -0.25) is 14.2 Å². The van der Waals surface area contributed by atoms with Crippen molar-refractivity contribution in [3.8, 4) is 5.75 Å². The van der Waals surface area contributed by atoms with E-state index >= 15 is 0 Å². The molecule has 1 atom stereocenters. The van der Waals surface area contributed by atoms with E-state index < -0.39 is 0 Å². The third kappa shape index (κ3) is 3.83. The number of ether oxygens (including phenoxy) is 1. The number of hydrogen-bond donors (Lipinski definition) is 0. The molecule has 1 fully saturated rings. The van der Waals surface area contributed by atoms with Gasteiger partial charge in [0.1, 0.15) is 11.5 Å². The molecule has 0 amide bonds. The Kier molecular flexibility index (Phi) is 5.48. The van der Waals surface area contributed by atoms with Gasteiger partial charge < -0.3 is 4.74 Å². The van der Waals surface area contributed by atoms with E-state index in [-0.39, 0.29) is 16.6 Å². The Balaban J connectivity index is 1.76. The molecule has 1 aliphatic carbocycles. The van der Waals surface area contributed by atoms with Crippen molar-refractivity contribution in [3.63, 3.8) is 0 Å². The molecule has 1 unspecified atom stereocenters. The largest absolute Gasteiger partial charge is 0.497 e. The monoisotopic (exact) mass is 394 g/mol. The van der Waals surface area contributed by atoms with Crippen molar-refractivity contribution in [1.29, 1.82) is 0 Å². The summed E-state index contributed by atoms with van der Waals surface area (Å²) in [6, 6.07) is 15.0. The molecular formula is C22H22N2O3S. The van der Waals surface area contributed by atoms with Crippen LogP contribution in [0, 0.1) is 0 Å². The number of carbonyl (C=O) groups excluding carboxylic acids is 1. The summed E-state index contributed by atoms with van der Waals surface area (Å²) in [4.78, 5) is 30.3. The first-order valence-electron chi connectivity index (χ1n) is 9.47. The SMILES string of the molecule is COc1ccc(Cn2c(SC3CCCCC3=O)nc3ccccc3c2=O)cc1. The van der Waals surface area contributed by atoms with Crippen LogP contribution in [0.25, 0.3) is 10.9 Å². The number of nitrogens with zero attached hydrogens (tertiary/aromatic N) is 2. The van der Waals surface area contributed by atoms with E-state index in [1.807, 2.05) is 42.5 Å². The maximum Gasteiger partial charge on any atom is 0.262 e. The number of carbonyl (C=O) groups is 1. The van der Waals surface area contributed by atoms with E-state index in [9.17, 15) is 9.59 Å². The molecule has 0 spiro atoms. The van der Waals surface area contributed by atoms with Crippen LogP contribution in [0.15, 0.2) is 58.5 Å². The molecule has 1 heterocycles. The normalized spacial score (nSPS) is 17.0. The van der Waals surface area contributed by atoms with Crippen molar-refractivity contribution >= 4 is 28.4 Å². The van der Waals surface area contributed by atoms with Crippen LogP contribution < -0.4 is 10.3 Å². The highest BCUT2D eigenvalue weighted by molar-refractivity contribution is 8.00. The highest BCUT2D eigenvalue weighted by Gasteiger charge is 2.25. The first-order valence-corrected chi connectivity index (χ1v) is 10.4. The van der Waals surface area contributed by atoms with E-state index in [0.29, 0.717) is 29.0 Å². The Labute approximate surface area is 167 Å². The summed E-state index contributed by atoms with van der Waals surface area (Å²) in [5.74, 6) is 1.03. The third-order valence-corrected chi connectivity index (χ3v) is 6.38. The van der Waals surface area contributed by atoms with Gasteiger partial charge in [-0.25, -0.2) is 4.98 Å². The molecule has 0 N–H and O–H groups in total. The molecule has 6 heteroatoms. The van der Waals surface area contributed by atoms with Crippen molar-refractivity contribution in [3.05, 3.63) is 64.4 Å². The zero-order valence-electron chi connectivity index (χ0n) is 15.8. The van der Waals surface area contributed by atoms with Gasteiger partial charge in [0.2, 0.25) is 0 Å². The second kappa shape index (κ2) is 8.19. The minimum absolute atomic E-state index is 0.0767. The zero-order chi connectivity index (χ0) is 19.5. The average Bonchev–Trinajstić information content (AvgIpc) is 2.73. The second-order valence-corrected chi connectivity index (χ2v) is 8.14. The predicted octanol–water partition coefficient (Wildman–Crippen LogP) is 4.06. The first kappa shape index (κ1) is 18.7. The lowest BCUT2D eigenvalue weighted by Crippen LogP contribution is -2.27. The summed E-state index contributed by atoms with van der Waals surface area (Å²) in [7, 11) is 1.63. The van der Waals surface area contributed by atoms with Crippen LogP contribution in [0.1, 0.15) is 31.2 Å². The zero-order valence-corrected chi connectivity index (χ0v) is 16.6. The van der Waals surface area contributed by atoms with Crippen LogP contribution in [0.4, 0.5) is 0 Å². The van der Waals surface area contributed by atoms with Gasteiger partial charge in [-0.2, -0.15) is 0 Å². The van der Waals surface area contributed by atoms with Crippen molar-refractivity contribution in [2.45, 2.75) is 42.6 Å². The molecule has 4 rings (SSSR count). The minimum Gasteiger partial charge on any atom is -0.497 e. The average molecular weight is 394 g/mol. The Bertz CT molecular complexity index is 1060. The van der Waals surface area contributed by atoms with E-state index in [0.717, 1.165) is 30.6 Å². The quantitative estimate of drug-likeness (QED) is 0.611. The van der Waals surface area contributed by atoms with Crippen molar-refractivity contribution in [1.82, 2.24) is 9.55 Å². The van der Waals surface area contributed by atoms with Gasteiger partial charge >= 0.3 is 0 Å². The summed E-state index contributed by atoms with van der Waals surface area (Å²) in [5.41, 5.74) is 1.58. The van der Waals surface area contributed by atoms with E-state index in [4.69, 9.17) is 9.72 Å². The Morgan fingerprint density at radius 3 is 2.64 bits per heavy atom. The molecule has 28 heavy (non-hydrogen) atoms. The lowest BCUT2D eigenvalue weighted by atomic mass is 9.99. The van der Waals surface area contributed by atoms with Gasteiger partial charge in [-0.1, -0.05) is 42.4 Å². The predicted molar refractivity (Wildman–Crippen MR) is 111 cm³/mol. The lowest BCUT2D eigenvalue weighted by Gasteiger charge is -2.21. The topological polar surface area (TPSA) is 61.2 Å². The minimum atomic E-state index is -0.121. The molecule has 1 aromatic heterocycles. The van der Waals surface area contributed by atoms with Crippen LogP contribution >= 0.6 is 11.8 Å². The number of methoxy groups -OCH3 is 1. The summed E-state index contributed by atoms with van der Waals surface area (Å²) in [5, 5.41) is 1.08. The molecule has 5 nitrogen and oxygen atoms in total.